The van der Waals surface area contributed by atoms with Gasteiger partial charge in [-0.3, -0.25) is 4.90 Å². The Morgan fingerprint density at radius 3 is 1.89 bits per heavy atom. The first-order valence-electron chi connectivity index (χ1n) is 8.02. The molecular weight excluding hydrogens is 220 g/mol. The Morgan fingerprint density at radius 2 is 1.56 bits per heavy atom. The Bertz CT molecular complexity index is 290. The van der Waals surface area contributed by atoms with Crippen molar-refractivity contribution in [2.24, 2.45) is 23.0 Å². The van der Waals surface area contributed by atoms with E-state index in [4.69, 9.17) is 5.73 Å². The average Bonchev–Trinajstić information content (AvgIpc) is 3.20. The van der Waals surface area contributed by atoms with Crippen molar-refractivity contribution in [2.45, 2.75) is 64.3 Å². The highest BCUT2D eigenvalue weighted by Crippen LogP contribution is 2.51. The molecule has 1 atom stereocenters. The van der Waals surface area contributed by atoms with Crippen molar-refractivity contribution in [3.63, 3.8) is 0 Å². The van der Waals surface area contributed by atoms with E-state index in [9.17, 15) is 0 Å². The molecule has 18 heavy (non-hydrogen) atoms. The summed E-state index contributed by atoms with van der Waals surface area (Å²) in [6.07, 6.45) is 9.90. The third kappa shape index (κ3) is 2.22. The highest BCUT2D eigenvalue weighted by atomic mass is 15.2. The normalized spacial score (nSPS) is 35.3. The molecule has 0 saturated heterocycles. The lowest BCUT2D eigenvalue weighted by Gasteiger charge is -2.50. The molecule has 3 aliphatic rings. The van der Waals surface area contributed by atoms with Gasteiger partial charge in [0.15, 0.2) is 0 Å². The Labute approximate surface area is 112 Å². The first-order chi connectivity index (χ1) is 8.57. The topological polar surface area (TPSA) is 29.3 Å². The largest absolute Gasteiger partial charge is 0.329 e. The first kappa shape index (κ1) is 12.9. The maximum atomic E-state index is 6.30. The molecule has 0 spiro atoms. The Morgan fingerprint density at radius 1 is 1.00 bits per heavy atom. The van der Waals surface area contributed by atoms with E-state index in [-0.39, 0.29) is 0 Å². The zero-order chi connectivity index (χ0) is 12.8. The summed E-state index contributed by atoms with van der Waals surface area (Å²) in [7, 11) is 0. The fraction of sp³-hybridized carbons (Fsp3) is 1.00. The number of nitrogens with two attached hydrogens (primary N) is 1. The van der Waals surface area contributed by atoms with Crippen molar-refractivity contribution in [2.75, 3.05) is 19.6 Å². The van der Waals surface area contributed by atoms with Crippen LogP contribution in [0.15, 0.2) is 0 Å². The van der Waals surface area contributed by atoms with Crippen LogP contribution in [0.1, 0.15) is 58.8 Å². The minimum absolute atomic E-state index is 0.304. The van der Waals surface area contributed by atoms with Crippen LogP contribution in [0.4, 0.5) is 0 Å². The highest BCUT2D eigenvalue weighted by Gasteiger charge is 2.52. The van der Waals surface area contributed by atoms with Crippen molar-refractivity contribution in [3.05, 3.63) is 0 Å². The van der Waals surface area contributed by atoms with Gasteiger partial charge in [0, 0.05) is 25.2 Å². The molecular formula is C16H30N2. The summed E-state index contributed by atoms with van der Waals surface area (Å²) < 4.78 is 0. The van der Waals surface area contributed by atoms with Crippen molar-refractivity contribution in [1.82, 2.24) is 4.90 Å². The minimum Gasteiger partial charge on any atom is -0.329 e. The van der Waals surface area contributed by atoms with E-state index >= 15 is 0 Å². The maximum Gasteiger partial charge on any atom is 0.0382 e. The molecule has 3 saturated carbocycles. The smallest absolute Gasteiger partial charge is 0.0382 e. The maximum absolute atomic E-state index is 6.30. The van der Waals surface area contributed by atoms with Crippen molar-refractivity contribution < 1.29 is 0 Å². The van der Waals surface area contributed by atoms with Crippen LogP contribution < -0.4 is 5.73 Å². The molecule has 2 nitrogen and oxygen atoms in total. The molecule has 0 aromatic heterocycles. The van der Waals surface area contributed by atoms with Gasteiger partial charge < -0.3 is 5.73 Å². The third-order valence-corrected chi connectivity index (χ3v) is 5.95. The summed E-state index contributed by atoms with van der Waals surface area (Å²) >= 11 is 0. The molecule has 0 aliphatic heterocycles. The molecule has 1 unspecified atom stereocenters. The number of rotatable bonds is 6. The second-order valence-electron chi connectivity index (χ2n) is 7.76. The van der Waals surface area contributed by atoms with Gasteiger partial charge in [-0.1, -0.05) is 20.3 Å². The number of hydrogen-bond acceptors (Lipinski definition) is 2. The van der Waals surface area contributed by atoms with Crippen LogP contribution in [0.5, 0.6) is 0 Å². The van der Waals surface area contributed by atoms with Crippen LogP contribution in [0.2, 0.25) is 0 Å². The molecule has 0 aromatic rings. The standard InChI is InChI=1S/C16H30N2/c1-15(2)8-3-9-16(15,12-17)18(10-13-4-5-13)11-14-6-7-14/h13-14H,3-12,17H2,1-2H3. The van der Waals surface area contributed by atoms with Crippen molar-refractivity contribution in [3.8, 4) is 0 Å². The van der Waals surface area contributed by atoms with Crippen molar-refractivity contribution >= 4 is 0 Å². The van der Waals surface area contributed by atoms with Crippen LogP contribution in [0.25, 0.3) is 0 Å². The molecule has 0 aromatic carbocycles. The molecule has 0 radical (unpaired) electrons. The summed E-state index contributed by atoms with van der Waals surface area (Å²) in [6, 6.07) is 0. The second kappa shape index (κ2) is 4.49. The number of hydrogen-bond donors (Lipinski definition) is 1. The third-order valence-electron chi connectivity index (χ3n) is 5.95. The lowest BCUT2D eigenvalue weighted by Crippen LogP contribution is -2.60. The average molecular weight is 250 g/mol. The Hall–Kier alpha value is -0.0800. The molecule has 3 aliphatic carbocycles. The predicted octanol–water partition coefficient (Wildman–Crippen LogP) is 3.02. The van der Waals surface area contributed by atoms with Crippen LogP contribution in [-0.4, -0.2) is 30.1 Å². The van der Waals surface area contributed by atoms with Gasteiger partial charge in [-0.25, -0.2) is 0 Å². The van der Waals surface area contributed by atoms with Gasteiger partial charge in [-0.2, -0.15) is 0 Å². The lowest BCUT2D eigenvalue weighted by atomic mass is 9.73. The quantitative estimate of drug-likeness (QED) is 0.785. The second-order valence-corrected chi connectivity index (χ2v) is 7.76. The summed E-state index contributed by atoms with van der Waals surface area (Å²) in [5.41, 5.74) is 7.01. The fourth-order valence-electron chi connectivity index (χ4n) is 4.14. The Kier molecular flexibility index (Phi) is 3.22. The van der Waals surface area contributed by atoms with E-state index in [0.29, 0.717) is 11.0 Å². The van der Waals surface area contributed by atoms with Crippen LogP contribution in [0.3, 0.4) is 0 Å². The number of nitrogens with zero attached hydrogens (tertiary/aromatic N) is 1. The molecule has 0 heterocycles. The monoisotopic (exact) mass is 250 g/mol. The molecule has 2 N–H and O–H groups in total. The predicted molar refractivity (Wildman–Crippen MR) is 76.4 cm³/mol. The fourth-order valence-corrected chi connectivity index (χ4v) is 4.14. The molecule has 104 valence electrons. The molecule has 0 amide bonds. The molecule has 0 bridgehead atoms. The van der Waals surface area contributed by atoms with Crippen LogP contribution in [-0.2, 0) is 0 Å². The van der Waals surface area contributed by atoms with Gasteiger partial charge >= 0.3 is 0 Å². The van der Waals surface area contributed by atoms with Gasteiger partial charge in [0.25, 0.3) is 0 Å². The van der Waals surface area contributed by atoms with E-state index in [0.717, 1.165) is 18.4 Å². The first-order valence-corrected chi connectivity index (χ1v) is 8.02. The van der Waals surface area contributed by atoms with Gasteiger partial charge in [-0.05, 0) is 55.8 Å². The molecule has 3 fully saturated rings. The van der Waals surface area contributed by atoms with Gasteiger partial charge in [-0.15, -0.1) is 0 Å². The summed E-state index contributed by atoms with van der Waals surface area (Å²) in [5, 5.41) is 0. The Balaban J connectivity index is 1.79. The van der Waals surface area contributed by atoms with E-state index < -0.39 is 0 Å². The van der Waals surface area contributed by atoms with Gasteiger partial charge in [0.2, 0.25) is 0 Å². The summed E-state index contributed by atoms with van der Waals surface area (Å²) in [5.74, 6) is 1.98. The molecule has 3 rings (SSSR count). The van der Waals surface area contributed by atoms with Gasteiger partial charge in [0.05, 0.1) is 0 Å². The SMILES string of the molecule is CC1(C)CCCC1(CN)N(CC1CC1)CC1CC1. The van der Waals surface area contributed by atoms with E-state index in [1.165, 1.54) is 58.0 Å². The van der Waals surface area contributed by atoms with Gasteiger partial charge in [0.1, 0.15) is 0 Å². The summed E-state index contributed by atoms with van der Waals surface area (Å²) in [6.45, 7) is 8.44. The van der Waals surface area contributed by atoms with E-state index in [2.05, 4.69) is 18.7 Å². The van der Waals surface area contributed by atoms with Crippen LogP contribution >= 0.6 is 0 Å². The van der Waals surface area contributed by atoms with E-state index in [1.807, 2.05) is 0 Å². The lowest BCUT2D eigenvalue weighted by molar-refractivity contribution is 0.00558. The zero-order valence-electron chi connectivity index (χ0n) is 12.3. The highest BCUT2D eigenvalue weighted by molar-refractivity contribution is 5.08. The van der Waals surface area contributed by atoms with Crippen LogP contribution in [0, 0.1) is 17.3 Å². The van der Waals surface area contributed by atoms with E-state index in [1.54, 1.807) is 0 Å². The summed E-state index contributed by atoms with van der Waals surface area (Å²) in [4.78, 5) is 2.84. The minimum atomic E-state index is 0.304. The molecule has 2 heteroatoms. The van der Waals surface area contributed by atoms with Crippen molar-refractivity contribution in [1.29, 1.82) is 0 Å². The zero-order valence-corrected chi connectivity index (χ0v) is 12.3.